The Morgan fingerprint density at radius 2 is 1.93 bits per heavy atom. The van der Waals surface area contributed by atoms with Gasteiger partial charge in [0.2, 0.25) is 5.95 Å². The first-order valence-electron chi connectivity index (χ1n) is 14.6. The fourth-order valence-electron chi connectivity index (χ4n) is 4.98. The lowest BCUT2D eigenvalue weighted by molar-refractivity contribution is 0.102. The summed E-state index contributed by atoms with van der Waals surface area (Å²) >= 11 is 0. The predicted octanol–water partition coefficient (Wildman–Crippen LogP) is 4.03. The largest absolute Gasteiger partial charge is 0.396 e. The van der Waals surface area contributed by atoms with Crippen LogP contribution >= 0.6 is 0 Å². The number of aryl methyl sites for hydroxylation is 2. The highest BCUT2D eigenvalue weighted by molar-refractivity contribution is 6.04. The molecule has 228 valence electrons. The van der Waals surface area contributed by atoms with Gasteiger partial charge in [-0.15, -0.1) is 0 Å². The lowest BCUT2D eigenvalue weighted by Crippen LogP contribution is -2.31. The molecule has 1 fully saturated rings. The quantitative estimate of drug-likeness (QED) is 0.236. The zero-order chi connectivity index (χ0) is 31.1. The Kier molecular flexibility index (Phi) is 9.96. The van der Waals surface area contributed by atoms with Crippen molar-refractivity contribution in [3.8, 4) is 11.8 Å². The normalized spacial score (nSPS) is 14.8. The number of rotatable bonds is 10. The Morgan fingerprint density at radius 1 is 1.11 bits per heavy atom. The number of hydrogen-bond acceptors (Lipinski definition) is 8. The van der Waals surface area contributed by atoms with Gasteiger partial charge < -0.3 is 20.6 Å². The number of amides is 1. The molecule has 0 aliphatic carbocycles. The van der Waals surface area contributed by atoms with Gasteiger partial charge in [-0.1, -0.05) is 24.0 Å². The van der Waals surface area contributed by atoms with E-state index in [1.165, 1.54) is 6.07 Å². The molecule has 2 aromatic heterocycles. The number of benzene rings is 2. The Morgan fingerprint density at radius 3 is 2.66 bits per heavy atom. The number of anilines is 3. The summed E-state index contributed by atoms with van der Waals surface area (Å²) in [5.41, 5.74) is 4.41. The van der Waals surface area contributed by atoms with E-state index in [-0.39, 0.29) is 18.3 Å². The second-order valence-electron chi connectivity index (χ2n) is 11.2. The standard InChI is InChI=1S/C33H37FN8O2/c1-23-5-7-26(32(44)38-28-10-9-27(31(34)16-28)20-41-13-11-30(22-41)40(2)3)15-25(23)8-6-24-17-35-33(36-18-24)39-29-19-37-42(21-29)12-4-14-43/h5,7,9-10,15-19,21,30,43H,4,11-14,20,22H2,1-3H3,(H,38,44)(H,35,36,39). The predicted molar refractivity (Wildman–Crippen MR) is 168 cm³/mol. The van der Waals surface area contributed by atoms with Crippen molar-refractivity contribution in [2.45, 2.75) is 38.9 Å². The number of carbonyl (C=O) groups excluding carboxylic acids is 1. The van der Waals surface area contributed by atoms with Crippen LogP contribution in [-0.2, 0) is 13.1 Å². The van der Waals surface area contributed by atoms with Crippen LogP contribution in [0.4, 0.5) is 21.7 Å². The van der Waals surface area contributed by atoms with E-state index < -0.39 is 0 Å². The number of nitrogens with one attached hydrogen (secondary N) is 2. The van der Waals surface area contributed by atoms with E-state index in [1.54, 1.807) is 47.5 Å². The number of nitrogens with zero attached hydrogens (tertiary/aromatic N) is 6. The summed E-state index contributed by atoms with van der Waals surface area (Å²) in [6.07, 6.45) is 8.43. The van der Waals surface area contributed by atoms with Crippen molar-refractivity contribution in [3.63, 3.8) is 0 Å². The van der Waals surface area contributed by atoms with Crippen LogP contribution in [0.1, 0.15) is 45.5 Å². The Hall–Kier alpha value is -4.63. The molecule has 1 aliphatic rings. The van der Waals surface area contributed by atoms with Crippen molar-refractivity contribution in [2.75, 3.05) is 44.4 Å². The highest BCUT2D eigenvalue weighted by Crippen LogP contribution is 2.21. The molecule has 0 saturated carbocycles. The van der Waals surface area contributed by atoms with Crippen LogP contribution < -0.4 is 10.6 Å². The first-order chi connectivity index (χ1) is 21.3. The van der Waals surface area contributed by atoms with Gasteiger partial charge in [0, 0.05) is 79.8 Å². The van der Waals surface area contributed by atoms with Gasteiger partial charge in [-0.05, 0) is 63.7 Å². The second kappa shape index (κ2) is 14.2. The van der Waals surface area contributed by atoms with E-state index in [1.807, 2.05) is 19.2 Å². The summed E-state index contributed by atoms with van der Waals surface area (Å²) < 4.78 is 16.7. The molecule has 0 bridgehead atoms. The van der Waals surface area contributed by atoms with E-state index in [9.17, 15) is 9.18 Å². The molecule has 3 N–H and O–H groups in total. The lowest BCUT2D eigenvalue weighted by Gasteiger charge is -2.20. The van der Waals surface area contributed by atoms with E-state index in [2.05, 4.69) is 61.4 Å². The van der Waals surface area contributed by atoms with E-state index >= 15 is 0 Å². The molecule has 1 aliphatic heterocycles. The van der Waals surface area contributed by atoms with Crippen molar-refractivity contribution in [2.24, 2.45) is 0 Å². The first-order valence-corrected chi connectivity index (χ1v) is 14.6. The molecule has 0 radical (unpaired) electrons. The molecule has 11 heteroatoms. The molecular weight excluding hydrogens is 559 g/mol. The van der Waals surface area contributed by atoms with Crippen LogP contribution in [0.2, 0.25) is 0 Å². The molecule has 1 saturated heterocycles. The molecular formula is C33H37FN8O2. The summed E-state index contributed by atoms with van der Waals surface area (Å²) in [6, 6.07) is 10.6. The number of aliphatic hydroxyl groups is 1. The SMILES string of the molecule is Cc1ccc(C(=O)Nc2ccc(CN3CCC(N(C)C)C3)c(F)c2)cc1C#Cc1cnc(Nc2cnn(CCCO)c2)nc1. The van der Waals surface area contributed by atoms with Gasteiger partial charge in [0.25, 0.3) is 5.91 Å². The summed E-state index contributed by atoms with van der Waals surface area (Å²) in [5, 5.41) is 19.1. The molecule has 0 spiro atoms. The Balaban J connectivity index is 1.19. The molecule has 3 heterocycles. The number of carbonyl (C=O) groups is 1. The van der Waals surface area contributed by atoms with Gasteiger partial charge in [0.1, 0.15) is 5.82 Å². The van der Waals surface area contributed by atoms with Crippen molar-refractivity contribution < 1.29 is 14.3 Å². The highest BCUT2D eigenvalue weighted by Gasteiger charge is 2.24. The number of aliphatic hydroxyl groups excluding tert-OH is 1. The fraction of sp³-hybridized carbons (Fsp3) is 0.333. The Labute approximate surface area is 256 Å². The van der Waals surface area contributed by atoms with Crippen LogP contribution in [-0.4, -0.2) is 80.4 Å². The average molecular weight is 597 g/mol. The first kappa shape index (κ1) is 30.8. The van der Waals surface area contributed by atoms with Crippen LogP contribution in [0.25, 0.3) is 0 Å². The van der Waals surface area contributed by atoms with Gasteiger partial charge >= 0.3 is 0 Å². The topological polar surface area (TPSA) is 111 Å². The van der Waals surface area contributed by atoms with E-state index in [0.717, 1.165) is 30.8 Å². The minimum absolute atomic E-state index is 0.109. The lowest BCUT2D eigenvalue weighted by atomic mass is 10.0. The monoisotopic (exact) mass is 596 g/mol. The van der Waals surface area contributed by atoms with Crippen LogP contribution in [0.15, 0.2) is 61.2 Å². The van der Waals surface area contributed by atoms with Gasteiger partial charge in [-0.2, -0.15) is 5.10 Å². The van der Waals surface area contributed by atoms with Gasteiger partial charge in [0.15, 0.2) is 0 Å². The Bertz CT molecular complexity index is 1660. The van der Waals surface area contributed by atoms with Crippen molar-refractivity contribution in [1.82, 2.24) is 29.5 Å². The summed E-state index contributed by atoms with van der Waals surface area (Å²) in [4.78, 5) is 26.1. The van der Waals surface area contributed by atoms with Crippen molar-refractivity contribution in [1.29, 1.82) is 0 Å². The van der Waals surface area contributed by atoms with Crippen LogP contribution in [0.5, 0.6) is 0 Å². The summed E-state index contributed by atoms with van der Waals surface area (Å²) in [6.45, 7) is 5.06. The number of aromatic nitrogens is 4. The third-order valence-electron chi connectivity index (χ3n) is 7.61. The second-order valence-corrected chi connectivity index (χ2v) is 11.2. The number of halogens is 1. The summed E-state index contributed by atoms with van der Waals surface area (Å²) in [5.74, 6) is 5.90. The fourth-order valence-corrected chi connectivity index (χ4v) is 4.98. The molecule has 2 aromatic carbocycles. The van der Waals surface area contributed by atoms with Crippen molar-refractivity contribution in [3.05, 3.63) is 94.8 Å². The third-order valence-corrected chi connectivity index (χ3v) is 7.61. The highest BCUT2D eigenvalue weighted by atomic mass is 19.1. The molecule has 10 nitrogen and oxygen atoms in total. The van der Waals surface area contributed by atoms with Gasteiger partial charge in [-0.25, -0.2) is 14.4 Å². The number of likely N-dealkylation sites (N-methyl/N-ethyl adjacent to an activating group) is 1. The average Bonchev–Trinajstić information content (AvgIpc) is 3.67. The minimum Gasteiger partial charge on any atom is -0.396 e. The maximum atomic E-state index is 14.9. The van der Waals surface area contributed by atoms with Gasteiger partial charge in [0.05, 0.1) is 17.4 Å². The van der Waals surface area contributed by atoms with Gasteiger partial charge in [-0.3, -0.25) is 14.4 Å². The molecule has 5 rings (SSSR count). The molecule has 1 atom stereocenters. The molecule has 4 aromatic rings. The minimum atomic E-state index is -0.341. The molecule has 44 heavy (non-hydrogen) atoms. The molecule has 1 amide bonds. The van der Waals surface area contributed by atoms with E-state index in [0.29, 0.717) is 59.4 Å². The van der Waals surface area contributed by atoms with Crippen LogP contribution in [0.3, 0.4) is 0 Å². The zero-order valence-electron chi connectivity index (χ0n) is 25.2. The number of likely N-dealkylation sites (tertiary alicyclic amines) is 1. The zero-order valence-corrected chi connectivity index (χ0v) is 25.2. The molecule has 1 unspecified atom stereocenters. The van der Waals surface area contributed by atoms with Crippen LogP contribution in [0, 0.1) is 24.6 Å². The smallest absolute Gasteiger partial charge is 0.255 e. The third kappa shape index (κ3) is 8.05. The van der Waals surface area contributed by atoms with E-state index in [4.69, 9.17) is 5.11 Å². The summed E-state index contributed by atoms with van der Waals surface area (Å²) in [7, 11) is 4.15. The maximum Gasteiger partial charge on any atom is 0.255 e. The van der Waals surface area contributed by atoms with Crippen molar-refractivity contribution >= 4 is 23.2 Å². The maximum absolute atomic E-state index is 14.9. The number of hydrogen-bond donors (Lipinski definition) is 3.